The first-order valence-electron chi connectivity index (χ1n) is 5.10. The molecule has 1 heterocycles. The Morgan fingerprint density at radius 2 is 2.08 bits per heavy atom. The van der Waals surface area contributed by atoms with E-state index in [1.807, 2.05) is 0 Å². The number of likely N-dealkylation sites (tertiary alicyclic amines) is 1. The Hall–Kier alpha value is 0.270. The first kappa shape index (κ1) is 11.3. The van der Waals surface area contributed by atoms with Crippen LogP contribution in [0.15, 0.2) is 0 Å². The molecule has 2 nitrogen and oxygen atoms in total. The molecule has 13 heavy (non-hydrogen) atoms. The second kappa shape index (κ2) is 4.20. The molecular formula is C10H21NOS. The zero-order valence-corrected chi connectivity index (χ0v) is 9.42. The lowest BCUT2D eigenvalue weighted by molar-refractivity contribution is 0.00742. The largest absolute Gasteiger partial charge is 0.396 e. The van der Waals surface area contributed by atoms with Gasteiger partial charge in [-0.2, -0.15) is 13.5 Å². The first-order valence-corrected chi connectivity index (χ1v) is 5.10. The fourth-order valence-corrected chi connectivity index (χ4v) is 3.20. The summed E-state index contributed by atoms with van der Waals surface area (Å²) in [6, 6.07) is 0.677. The quantitative estimate of drug-likeness (QED) is 0.695. The van der Waals surface area contributed by atoms with Gasteiger partial charge >= 0.3 is 0 Å². The summed E-state index contributed by atoms with van der Waals surface area (Å²) in [5, 5.41) is 9.44. The molecule has 0 aromatic rings. The van der Waals surface area contributed by atoms with Crippen molar-refractivity contribution in [2.75, 3.05) is 20.2 Å². The third kappa shape index (κ3) is 1.74. The van der Waals surface area contributed by atoms with Crippen molar-refractivity contribution in [2.24, 2.45) is 5.41 Å². The summed E-state index contributed by atoms with van der Waals surface area (Å²) < 4.78 is 0. The molecule has 1 aliphatic heterocycles. The molecule has 0 bridgehead atoms. The summed E-state index contributed by atoms with van der Waals surface area (Å²) in [6.45, 7) is 1.63. The summed E-state index contributed by atoms with van der Waals surface area (Å²) in [5.41, 5.74) is 0.285. The molecule has 2 rings (SSSR count). The summed E-state index contributed by atoms with van der Waals surface area (Å²) in [5.74, 6) is 0. The number of aliphatic hydroxyl groups excluding tert-OH is 1. The molecule has 2 fully saturated rings. The Morgan fingerprint density at radius 1 is 1.38 bits per heavy atom. The summed E-state index contributed by atoms with van der Waals surface area (Å²) in [6.07, 6.45) is 6.39. The zero-order chi connectivity index (χ0) is 8.60. The van der Waals surface area contributed by atoms with Crippen LogP contribution in [0.3, 0.4) is 0 Å². The molecule has 2 aliphatic rings. The SMILES string of the molecule is CN1CCC[C@@]2(CO)CCC[C@@H]12.S. The molecule has 0 unspecified atom stereocenters. The zero-order valence-electron chi connectivity index (χ0n) is 8.42. The number of rotatable bonds is 1. The Balaban J connectivity index is 0.000000845. The number of hydrogen-bond acceptors (Lipinski definition) is 2. The van der Waals surface area contributed by atoms with Gasteiger partial charge in [0.25, 0.3) is 0 Å². The van der Waals surface area contributed by atoms with Gasteiger partial charge in [-0.1, -0.05) is 6.42 Å². The Kier molecular flexibility index (Phi) is 3.66. The highest BCUT2D eigenvalue weighted by Crippen LogP contribution is 2.46. The second-order valence-electron chi connectivity index (χ2n) is 4.51. The molecule has 0 spiro atoms. The summed E-state index contributed by atoms with van der Waals surface area (Å²) in [4.78, 5) is 2.45. The van der Waals surface area contributed by atoms with Crippen molar-refractivity contribution in [1.82, 2.24) is 4.90 Å². The molecule has 0 aromatic heterocycles. The Bertz CT molecular complexity index is 176. The molecule has 3 heteroatoms. The van der Waals surface area contributed by atoms with E-state index in [-0.39, 0.29) is 18.9 Å². The third-order valence-corrected chi connectivity index (χ3v) is 3.89. The van der Waals surface area contributed by atoms with Crippen LogP contribution in [0.2, 0.25) is 0 Å². The number of fused-ring (bicyclic) bond motifs is 1. The smallest absolute Gasteiger partial charge is 0.0502 e. The van der Waals surface area contributed by atoms with E-state index in [4.69, 9.17) is 0 Å². The van der Waals surface area contributed by atoms with Crippen LogP contribution in [0, 0.1) is 5.41 Å². The lowest BCUT2D eigenvalue weighted by atomic mass is 9.76. The van der Waals surface area contributed by atoms with Gasteiger partial charge in [0.2, 0.25) is 0 Å². The van der Waals surface area contributed by atoms with E-state index < -0.39 is 0 Å². The van der Waals surface area contributed by atoms with Crippen molar-refractivity contribution in [3.05, 3.63) is 0 Å². The second-order valence-corrected chi connectivity index (χ2v) is 4.51. The van der Waals surface area contributed by atoms with Crippen molar-refractivity contribution in [2.45, 2.75) is 38.1 Å². The lowest BCUT2D eigenvalue weighted by Crippen LogP contribution is -2.49. The van der Waals surface area contributed by atoms with E-state index in [0.717, 1.165) is 0 Å². The fraction of sp³-hybridized carbons (Fsp3) is 1.00. The van der Waals surface area contributed by atoms with Gasteiger partial charge in [-0.25, -0.2) is 0 Å². The molecule has 1 saturated carbocycles. The van der Waals surface area contributed by atoms with Crippen LogP contribution in [-0.2, 0) is 0 Å². The minimum atomic E-state index is 0. The van der Waals surface area contributed by atoms with Gasteiger partial charge in [0, 0.05) is 11.5 Å². The summed E-state index contributed by atoms with van der Waals surface area (Å²) in [7, 11) is 2.21. The maximum atomic E-state index is 9.44. The van der Waals surface area contributed by atoms with Crippen LogP contribution in [0.1, 0.15) is 32.1 Å². The number of nitrogens with zero attached hydrogens (tertiary/aromatic N) is 1. The highest BCUT2D eigenvalue weighted by molar-refractivity contribution is 7.59. The minimum Gasteiger partial charge on any atom is -0.396 e. The van der Waals surface area contributed by atoms with Crippen LogP contribution in [-0.4, -0.2) is 36.2 Å². The third-order valence-electron chi connectivity index (χ3n) is 3.89. The summed E-state index contributed by atoms with van der Waals surface area (Å²) >= 11 is 0. The predicted molar refractivity (Wildman–Crippen MR) is 59.4 cm³/mol. The number of piperidine rings is 1. The van der Waals surface area contributed by atoms with Crippen molar-refractivity contribution in [1.29, 1.82) is 0 Å². The van der Waals surface area contributed by atoms with Crippen LogP contribution >= 0.6 is 13.5 Å². The van der Waals surface area contributed by atoms with Crippen LogP contribution < -0.4 is 0 Å². The number of aliphatic hydroxyl groups is 1. The minimum absolute atomic E-state index is 0. The molecule has 1 aliphatic carbocycles. The first-order chi connectivity index (χ1) is 5.78. The van der Waals surface area contributed by atoms with Crippen molar-refractivity contribution < 1.29 is 5.11 Å². The molecule has 2 atom stereocenters. The predicted octanol–water partition coefficient (Wildman–Crippen LogP) is 1.36. The van der Waals surface area contributed by atoms with Crippen molar-refractivity contribution in [3.8, 4) is 0 Å². The highest BCUT2D eigenvalue weighted by atomic mass is 32.1. The van der Waals surface area contributed by atoms with Gasteiger partial charge in [0.05, 0.1) is 6.61 Å². The average molecular weight is 203 g/mol. The van der Waals surface area contributed by atoms with E-state index in [0.29, 0.717) is 12.6 Å². The standard InChI is InChI=1S/C10H19NO.H2S/c1-11-7-3-6-10(8-12)5-2-4-9(10)11;/h9,12H,2-8H2,1H3;1H2/t9-,10-;/m1./s1. The van der Waals surface area contributed by atoms with Crippen LogP contribution in [0.4, 0.5) is 0 Å². The topological polar surface area (TPSA) is 23.5 Å². The molecule has 1 saturated heterocycles. The molecule has 0 radical (unpaired) electrons. The molecule has 0 amide bonds. The lowest BCUT2D eigenvalue weighted by Gasteiger charge is -2.44. The van der Waals surface area contributed by atoms with E-state index in [9.17, 15) is 5.11 Å². The fourth-order valence-electron chi connectivity index (χ4n) is 3.20. The van der Waals surface area contributed by atoms with Gasteiger partial charge in [0.15, 0.2) is 0 Å². The maximum absolute atomic E-state index is 9.44. The van der Waals surface area contributed by atoms with Gasteiger partial charge in [-0.05, 0) is 39.3 Å². The Morgan fingerprint density at radius 3 is 2.69 bits per heavy atom. The van der Waals surface area contributed by atoms with Crippen molar-refractivity contribution in [3.63, 3.8) is 0 Å². The highest BCUT2D eigenvalue weighted by Gasteiger charge is 2.45. The molecule has 0 aromatic carbocycles. The van der Waals surface area contributed by atoms with E-state index >= 15 is 0 Å². The number of hydrogen-bond donors (Lipinski definition) is 1. The molecule has 78 valence electrons. The van der Waals surface area contributed by atoms with Crippen molar-refractivity contribution >= 4 is 13.5 Å². The molecule has 1 N–H and O–H groups in total. The van der Waals surface area contributed by atoms with E-state index in [1.54, 1.807) is 0 Å². The normalized spacial score (nSPS) is 39.7. The van der Waals surface area contributed by atoms with E-state index in [1.165, 1.54) is 38.6 Å². The van der Waals surface area contributed by atoms with Gasteiger partial charge < -0.3 is 10.0 Å². The van der Waals surface area contributed by atoms with Gasteiger partial charge in [-0.15, -0.1) is 0 Å². The maximum Gasteiger partial charge on any atom is 0.0502 e. The Labute approximate surface area is 87.8 Å². The average Bonchev–Trinajstić information content (AvgIpc) is 2.50. The monoisotopic (exact) mass is 203 g/mol. The molecular weight excluding hydrogens is 182 g/mol. The van der Waals surface area contributed by atoms with Gasteiger partial charge in [-0.3, -0.25) is 0 Å². The van der Waals surface area contributed by atoms with Gasteiger partial charge in [0.1, 0.15) is 0 Å². The van der Waals surface area contributed by atoms with Crippen LogP contribution in [0.25, 0.3) is 0 Å². The van der Waals surface area contributed by atoms with E-state index in [2.05, 4.69) is 11.9 Å². The van der Waals surface area contributed by atoms with Crippen LogP contribution in [0.5, 0.6) is 0 Å².